The Bertz CT molecular complexity index is 3530. The van der Waals surface area contributed by atoms with Crippen LogP contribution in [0.15, 0.2) is 170 Å². The van der Waals surface area contributed by atoms with Crippen LogP contribution in [0.1, 0.15) is 5.56 Å². The Morgan fingerprint density at radius 3 is 1.37 bits per heavy atom. The molecule has 10 rings (SSSR count). The van der Waals surface area contributed by atoms with Crippen LogP contribution in [0.4, 0.5) is 30.2 Å². The van der Waals surface area contributed by atoms with Gasteiger partial charge < -0.3 is 9.13 Å². The van der Waals surface area contributed by atoms with Crippen LogP contribution < -0.4 is 0 Å². The highest BCUT2D eigenvalue weighted by atomic mass is 19.4. The second kappa shape index (κ2) is 13.9. The fourth-order valence-electron chi connectivity index (χ4n) is 8.53. The monoisotopic (exact) mass is 779 g/mol. The zero-order valence-corrected chi connectivity index (χ0v) is 31.5. The van der Waals surface area contributed by atoms with Crippen molar-refractivity contribution in [1.29, 1.82) is 0 Å². The Morgan fingerprint density at radius 2 is 0.850 bits per heavy atom. The number of alkyl halides is 3. The average molecular weight is 780 g/mol. The molecule has 5 nitrogen and oxygen atoms in total. The van der Waals surface area contributed by atoms with Gasteiger partial charge in [0.15, 0.2) is 17.1 Å². The van der Waals surface area contributed by atoms with Crippen LogP contribution in [-0.2, 0) is 6.18 Å². The van der Waals surface area contributed by atoms with Crippen LogP contribution in [0, 0.1) is 19.7 Å². The SMILES string of the molecule is [C-]#[N+]c1cccc(-c2ccc3c4ccccc4n(-c4cc([N+]#[C-])c(-c5ccccc5C(F)(F)F)cc4-n4c5ccccc5c5ccc(-c6cccc([N+]#[C-])c6)cc54)c3c2)c1. The Hall–Kier alpha value is -8.38. The number of aromatic nitrogens is 2. The van der Waals surface area contributed by atoms with E-state index in [0.717, 1.165) is 71.9 Å². The van der Waals surface area contributed by atoms with Crippen LogP contribution in [0.25, 0.3) is 103 Å². The Labute approximate surface area is 342 Å². The highest BCUT2D eigenvalue weighted by molar-refractivity contribution is 6.13. The summed E-state index contributed by atoms with van der Waals surface area (Å²) in [7, 11) is 0. The molecule has 0 aliphatic heterocycles. The van der Waals surface area contributed by atoms with Gasteiger partial charge in [-0.15, -0.1) is 0 Å². The molecule has 0 saturated heterocycles. The van der Waals surface area contributed by atoms with Crippen LogP contribution in [0.2, 0.25) is 0 Å². The maximum atomic E-state index is 14.8. The Morgan fingerprint density at radius 1 is 0.383 bits per heavy atom. The number of nitrogens with zero attached hydrogens (tertiary/aromatic N) is 5. The molecule has 0 radical (unpaired) electrons. The number of hydrogen-bond donors (Lipinski definition) is 0. The van der Waals surface area contributed by atoms with E-state index in [1.807, 2.05) is 103 Å². The molecule has 10 aromatic rings. The highest BCUT2D eigenvalue weighted by Gasteiger charge is 2.34. The summed E-state index contributed by atoms with van der Waals surface area (Å²) in [5.74, 6) is 0. The van der Waals surface area contributed by atoms with E-state index in [1.165, 1.54) is 12.1 Å². The molecule has 282 valence electrons. The fourth-order valence-corrected chi connectivity index (χ4v) is 8.53. The molecule has 2 aromatic heterocycles. The number of rotatable bonds is 5. The summed E-state index contributed by atoms with van der Waals surface area (Å²) in [6.45, 7) is 23.7. The molecule has 0 aliphatic rings. The molecule has 0 unspecified atom stereocenters. The van der Waals surface area contributed by atoms with Gasteiger partial charge >= 0.3 is 6.18 Å². The fraction of sp³-hybridized carbons (Fsp3) is 0.0192. The van der Waals surface area contributed by atoms with E-state index in [0.29, 0.717) is 22.7 Å². The lowest BCUT2D eigenvalue weighted by molar-refractivity contribution is -0.137. The molecule has 8 heteroatoms. The van der Waals surface area contributed by atoms with Crippen LogP contribution >= 0.6 is 0 Å². The van der Waals surface area contributed by atoms with Gasteiger partial charge in [-0.1, -0.05) is 115 Å². The molecular formula is C52H28F3N5. The third-order valence-corrected chi connectivity index (χ3v) is 11.2. The molecule has 0 fully saturated rings. The molecule has 0 N–H and O–H groups in total. The lowest BCUT2D eigenvalue weighted by Gasteiger charge is -2.21. The molecule has 0 saturated carbocycles. The van der Waals surface area contributed by atoms with Crippen molar-refractivity contribution in [2.75, 3.05) is 0 Å². The second-order valence-corrected chi connectivity index (χ2v) is 14.5. The maximum Gasteiger partial charge on any atom is 0.416 e. The third-order valence-electron chi connectivity index (χ3n) is 11.2. The summed E-state index contributed by atoms with van der Waals surface area (Å²) in [6, 6.07) is 51.9. The summed E-state index contributed by atoms with van der Waals surface area (Å²) in [5, 5.41) is 3.77. The van der Waals surface area contributed by atoms with Gasteiger partial charge in [0.25, 0.3) is 0 Å². The number of hydrogen-bond acceptors (Lipinski definition) is 0. The van der Waals surface area contributed by atoms with Crippen LogP contribution in [0.5, 0.6) is 0 Å². The lowest BCUT2D eigenvalue weighted by atomic mass is 9.96. The van der Waals surface area contributed by atoms with Crippen molar-refractivity contribution < 1.29 is 13.2 Å². The summed E-state index contributed by atoms with van der Waals surface area (Å²) < 4.78 is 48.5. The Kier molecular flexibility index (Phi) is 8.35. The first-order chi connectivity index (χ1) is 29.2. The summed E-state index contributed by atoms with van der Waals surface area (Å²) in [6.07, 6.45) is -4.68. The summed E-state index contributed by atoms with van der Waals surface area (Å²) >= 11 is 0. The van der Waals surface area contributed by atoms with E-state index in [-0.39, 0.29) is 16.8 Å². The van der Waals surface area contributed by atoms with Crippen molar-refractivity contribution in [2.24, 2.45) is 0 Å². The topological polar surface area (TPSA) is 22.9 Å². The quantitative estimate of drug-likeness (QED) is 0.155. The molecule has 8 aromatic carbocycles. The molecule has 2 heterocycles. The van der Waals surface area contributed by atoms with Gasteiger partial charge in [0.2, 0.25) is 0 Å². The van der Waals surface area contributed by atoms with E-state index in [9.17, 15) is 13.2 Å². The molecule has 0 spiro atoms. The van der Waals surface area contributed by atoms with Gasteiger partial charge in [0.05, 0.1) is 58.7 Å². The molecular weight excluding hydrogens is 752 g/mol. The lowest BCUT2D eigenvalue weighted by Crippen LogP contribution is -2.08. The minimum absolute atomic E-state index is 0.0645. The van der Waals surface area contributed by atoms with Gasteiger partial charge in [0, 0.05) is 21.5 Å². The first kappa shape index (κ1) is 36.0. The number of fused-ring (bicyclic) bond motifs is 6. The van der Waals surface area contributed by atoms with Crippen LogP contribution in [0.3, 0.4) is 0 Å². The minimum Gasteiger partial charge on any atom is -0.308 e. The first-order valence-electron chi connectivity index (χ1n) is 19.0. The van der Waals surface area contributed by atoms with Gasteiger partial charge in [-0.3, -0.25) is 0 Å². The van der Waals surface area contributed by atoms with E-state index < -0.39 is 11.7 Å². The van der Waals surface area contributed by atoms with E-state index in [2.05, 4.69) is 41.9 Å². The normalized spacial score (nSPS) is 11.5. The number of benzene rings is 8. The van der Waals surface area contributed by atoms with Gasteiger partial charge in [-0.05, 0) is 88.0 Å². The van der Waals surface area contributed by atoms with Crippen molar-refractivity contribution in [2.45, 2.75) is 6.18 Å². The van der Waals surface area contributed by atoms with Gasteiger partial charge in [0.1, 0.15) is 0 Å². The Balaban J connectivity index is 1.37. The molecule has 60 heavy (non-hydrogen) atoms. The van der Waals surface area contributed by atoms with E-state index in [1.54, 1.807) is 30.3 Å². The predicted octanol–water partition coefficient (Wildman–Crippen LogP) is 15.6. The number of para-hydroxylation sites is 2. The zero-order chi connectivity index (χ0) is 41.1. The van der Waals surface area contributed by atoms with Gasteiger partial charge in [-0.25, -0.2) is 14.5 Å². The third kappa shape index (κ3) is 5.77. The molecule has 0 bridgehead atoms. The minimum atomic E-state index is -4.68. The van der Waals surface area contributed by atoms with Crippen LogP contribution in [-0.4, -0.2) is 9.13 Å². The molecule has 0 atom stereocenters. The smallest absolute Gasteiger partial charge is 0.308 e. The second-order valence-electron chi connectivity index (χ2n) is 14.5. The van der Waals surface area contributed by atoms with E-state index >= 15 is 0 Å². The maximum absolute atomic E-state index is 14.8. The van der Waals surface area contributed by atoms with Crippen molar-refractivity contribution in [3.63, 3.8) is 0 Å². The van der Waals surface area contributed by atoms with Gasteiger partial charge in [-0.2, -0.15) is 13.2 Å². The largest absolute Gasteiger partial charge is 0.416 e. The van der Waals surface area contributed by atoms with Crippen molar-refractivity contribution in [1.82, 2.24) is 9.13 Å². The van der Waals surface area contributed by atoms with E-state index in [4.69, 9.17) is 19.7 Å². The first-order valence-corrected chi connectivity index (χ1v) is 19.0. The van der Waals surface area contributed by atoms with Crippen molar-refractivity contribution >= 4 is 60.7 Å². The van der Waals surface area contributed by atoms with Crippen molar-refractivity contribution in [3.8, 4) is 44.8 Å². The van der Waals surface area contributed by atoms with Crippen molar-refractivity contribution in [3.05, 3.63) is 210 Å². The summed E-state index contributed by atoms with van der Waals surface area (Å²) in [5.41, 5.74) is 8.21. The highest BCUT2D eigenvalue weighted by Crippen LogP contribution is 2.47. The molecule has 0 amide bonds. The standard InChI is InChI=1S/C52H28F3N5/c1-56-36-14-10-12-32(26-36)34-22-24-41-39-17-5-8-20-46(39)59(48(41)28-34)50-30-43(38-16-4-7-19-44(38)52(53,54)55)45(58-3)31-51(50)60-47-21-9-6-18-40(47)42-25-23-35(29-49(42)60)33-13-11-15-37(27-33)57-2/h4-31H. The number of halogens is 3. The molecule has 0 aliphatic carbocycles. The summed E-state index contributed by atoms with van der Waals surface area (Å²) in [4.78, 5) is 11.2. The predicted molar refractivity (Wildman–Crippen MR) is 235 cm³/mol. The average Bonchev–Trinajstić information content (AvgIpc) is 3.80. The zero-order valence-electron chi connectivity index (χ0n) is 31.5.